The van der Waals surface area contributed by atoms with Gasteiger partial charge < -0.3 is 0 Å². The summed E-state index contributed by atoms with van der Waals surface area (Å²) in [5.41, 5.74) is 18.3. The van der Waals surface area contributed by atoms with Crippen molar-refractivity contribution in [3.8, 4) is 22.3 Å². The van der Waals surface area contributed by atoms with Crippen molar-refractivity contribution < 1.29 is 0 Å². The van der Waals surface area contributed by atoms with Gasteiger partial charge in [0.05, 0.1) is 0 Å². The van der Waals surface area contributed by atoms with Crippen molar-refractivity contribution in [2.75, 3.05) is 0 Å². The van der Waals surface area contributed by atoms with E-state index in [1.54, 1.807) is 11.6 Å². The molecule has 1 heteroatoms. The number of rotatable bonds is 7. The molecule has 0 nitrogen and oxygen atoms in total. The number of fused-ring (bicyclic) bond motifs is 5. The van der Waals surface area contributed by atoms with Gasteiger partial charge in [0.2, 0.25) is 0 Å². The summed E-state index contributed by atoms with van der Waals surface area (Å²) in [6, 6.07) is 49.6. The van der Waals surface area contributed by atoms with E-state index in [0.717, 1.165) is 12.8 Å². The Kier molecular flexibility index (Phi) is 13.6. The van der Waals surface area contributed by atoms with Gasteiger partial charge in [0.15, 0.2) is 0 Å². The van der Waals surface area contributed by atoms with Gasteiger partial charge in [-0.1, -0.05) is 211 Å². The summed E-state index contributed by atoms with van der Waals surface area (Å²) in [6.07, 6.45) is 16.2. The smallest absolute Gasteiger partial charge is 0.0355 e. The average molecular weight is 829 g/mol. The summed E-state index contributed by atoms with van der Waals surface area (Å²) < 4.78 is 2.73. The lowest BCUT2D eigenvalue weighted by Gasteiger charge is -2.27. The molecule has 0 saturated carbocycles. The molecule has 0 radical (unpaired) electrons. The topological polar surface area (TPSA) is 0 Å². The van der Waals surface area contributed by atoms with E-state index >= 15 is 0 Å². The van der Waals surface area contributed by atoms with Gasteiger partial charge in [0.25, 0.3) is 0 Å². The molecule has 2 aliphatic rings. The summed E-state index contributed by atoms with van der Waals surface area (Å²) in [5, 5.41) is 2.73. The maximum Gasteiger partial charge on any atom is 0.0355 e. The molecular formula is C61H64S. The van der Waals surface area contributed by atoms with Gasteiger partial charge in [0, 0.05) is 31.5 Å². The van der Waals surface area contributed by atoms with Crippen LogP contribution < -0.4 is 0 Å². The molecule has 7 aromatic rings. The van der Waals surface area contributed by atoms with Crippen LogP contribution in [0.2, 0.25) is 0 Å². The van der Waals surface area contributed by atoms with Gasteiger partial charge >= 0.3 is 0 Å². The SMILES string of the molecule is C=C/C=C(C)\C=C/C.CCCc1ccccc1C1C=CC2=C(C1)c1ccc(-c3ccc(C(C)(C)C)cc3)cc1C2(C)C.Cc1ccc(-c2ccc3sc4ccccc4c3c2)cc1. The Morgan fingerprint density at radius 2 is 1.39 bits per heavy atom. The molecule has 2 aliphatic carbocycles. The number of thiophene rings is 1. The molecule has 6 aromatic carbocycles. The van der Waals surface area contributed by atoms with Crippen LogP contribution in [-0.2, 0) is 17.3 Å². The second-order valence-corrected chi connectivity index (χ2v) is 19.6. The summed E-state index contributed by atoms with van der Waals surface area (Å²) in [7, 11) is 0. The molecule has 1 aromatic heterocycles. The van der Waals surface area contributed by atoms with Crippen LogP contribution in [0.25, 0.3) is 48.0 Å². The Labute approximate surface area is 376 Å². The second-order valence-electron chi connectivity index (χ2n) is 18.5. The summed E-state index contributed by atoms with van der Waals surface area (Å²) in [5.74, 6) is 0.466. The van der Waals surface area contributed by atoms with E-state index in [4.69, 9.17) is 0 Å². The maximum absolute atomic E-state index is 3.57. The molecule has 1 atom stereocenters. The quantitative estimate of drug-likeness (QED) is 0.140. The van der Waals surface area contributed by atoms with Crippen molar-refractivity contribution in [1.82, 2.24) is 0 Å². The first-order valence-corrected chi connectivity index (χ1v) is 23.3. The van der Waals surface area contributed by atoms with Crippen molar-refractivity contribution in [3.05, 3.63) is 221 Å². The van der Waals surface area contributed by atoms with Gasteiger partial charge in [-0.15, -0.1) is 11.3 Å². The molecule has 0 fully saturated rings. The first kappa shape index (κ1) is 44.3. The lowest BCUT2D eigenvalue weighted by atomic mass is 9.77. The summed E-state index contributed by atoms with van der Waals surface area (Å²) >= 11 is 1.87. The molecule has 9 rings (SSSR count). The minimum absolute atomic E-state index is 0.0381. The van der Waals surface area contributed by atoms with Gasteiger partial charge in [-0.3, -0.25) is 0 Å². The monoisotopic (exact) mass is 828 g/mol. The average Bonchev–Trinajstić information content (AvgIpc) is 3.75. The molecule has 1 unspecified atom stereocenters. The van der Waals surface area contributed by atoms with Crippen LogP contribution in [0.4, 0.5) is 0 Å². The highest BCUT2D eigenvalue weighted by molar-refractivity contribution is 7.25. The third kappa shape index (κ3) is 9.65. The highest BCUT2D eigenvalue weighted by atomic mass is 32.1. The Hall–Kier alpha value is -5.76. The van der Waals surface area contributed by atoms with Crippen molar-refractivity contribution in [3.63, 3.8) is 0 Å². The van der Waals surface area contributed by atoms with E-state index in [2.05, 4.69) is 201 Å². The van der Waals surface area contributed by atoms with E-state index in [9.17, 15) is 0 Å². The lowest BCUT2D eigenvalue weighted by Crippen LogP contribution is -2.17. The van der Waals surface area contributed by atoms with Crippen molar-refractivity contribution in [1.29, 1.82) is 0 Å². The zero-order chi connectivity index (χ0) is 44.0. The maximum atomic E-state index is 3.57. The van der Waals surface area contributed by atoms with E-state index in [1.165, 1.54) is 93.4 Å². The minimum Gasteiger partial charge on any atom is -0.135 e. The zero-order valence-electron chi connectivity index (χ0n) is 38.5. The van der Waals surface area contributed by atoms with Crippen LogP contribution in [0.5, 0.6) is 0 Å². The van der Waals surface area contributed by atoms with Crippen LogP contribution >= 0.6 is 11.3 Å². The zero-order valence-corrected chi connectivity index (χ0v) is 39.3. The number of allylic oxidation sites excluding steroid dienone is 9. The van der Waals surface area contributed by atoms with Gasteiger partial charge in [-0.05, 0) is 125 Å². The molecule has 314 valence electrons. The predicted octanol–water partition coefficient (Wildman–Crippen LogP) is 18.1. The Morgan fingerprint density at radius 1 is 0.758 bits per heavy atom. The van der Waals surface area contributed by atoms with E-state index in [1.807, 2.05) is 43.4 Å². The third-order valence-corrected chi connectivity index (χ3v) is 13.7. The number of aryl methyl sites for hydroxylation is 2. The summed E-state index contributed by atoms with van der Waals surface area (Å²) in [4.78, 5) is 0. The largest absolute Gasteiger partial charge is 0.135 e. The number of benzene rings is 6. The Morgan fingerprint density at radius 3 is 2.08 bits per heavy atom. The van der Waals surface area contributed by atoms with Crippen LogP contribution in [-0.4, -0.2) is 0 Å². The van der Waals surface area contributed by atoms with E-state index in [0.29, 0.717) is 5.92 Å². The normalized spacial score (nSPS) is 15.5. The van der Waals surface area contributed by atoms with Gasteiger partial charge in [-0.25, -0.2) is 0 Å². The van der Waals surface area contributed by atoms with Crippen LogP contribution in [0.15, 0.2) is 188 Å². The number of hydrogen-bond donors (Lipinski definition) is 0. The predicted molar refractivity (Wildman–Crippen MR) is 276 cm³/mol. The van der Waals surface area contributed by atoms with Crippen molar-refractivity contribution in [2.45, 2.75) is 98.3 Å². The number of hydrogen-bond acceptors (Lipinski definition) is 1. The first-order chi connectivity index (χ1) is 29.8. The molecule has 0 aliphatic heterocycles. The summed E-state index contributed by atoms with van der Waals surface area (Å²) in [6.45, 7) is 23.6. The molecule has 0 N–H and O–H groups in total. The van der Waals surface area contributed by atoms with E-state index in [-0.39, 0.29) is 10.8 Å². The molecule has 0 spiro atoms. The fraction of sp³-hybridized carbons (Fsp3) is 0.246. The molecule has 0 amide bonds. The standard InChI is InChI=1S/C34H38.C19H14S.C8H12/c1-7-10-24-11-8-9-12-28(24)26-16-20-31-30(21-26)29-19-15-25(22-32(29)34(31,5)6)23-13-17-27(18-14-23)33(2,3)4;1-13-6-8-14(9-7-13)15-10-11-19-17(12-15)16-4-2-3-5-18(16)20-19;1-4-6-8(3)7-5-2/h8-9,11-20,22,26H,7,10,21H2,1-6H3;2-12H,1H3;4-7H,1H2,2-3H3/b;;7-5-,8-6-. The van der Waals surface area contributed by atoms with Crippen molar-refractivity contribution >= 4 is 37.1 Å². The minimum atomic E-state index is 0.0381. The highest BCUT2D eigenvalue weighted by Gasteiger charge is 2.39. The van der Waals surface area contributed by atoms with Gasteiger partial charge in [-0.2, -0.15) is 0 Å². The molecule has 0 bridgehead atoms. The Bertz CT molecular complexity index is 2800. The van der Waals surface area contributed by atoms with Crippen molar-refractivity contribution in [2.24, 2.45) is 0 Å². The third-order valence-electron chi connectivity index (χ3n) is 12.6. The van der Waals surface area contributed by atoms with Crippen LogP contribution in [0, 0.1) is 6.92 Å². The Balaban J connectivity index is 0.000000173. The van der Waals surface area contributed by atoms with E-state index < -0.39 is 0 Å². The molecule has 0 saturated heterocycles. The first-order valence-electron chi connectivity index (χ1n) is 22.5. The van der Waals surface area contributed by atoms with Crippen LogP contribution in [0.1, 0.15) is 108 Å². The molecule has 1 heterocycles. The molecule has 62 heavy (non-hydrogen) atoms. The van der Waals surface area contributed by atoms with Crippen LogP contribution in [0.3, 0.4) is 0 Å². The molecular weight excluding hydrogens is 765 g/mol. The fourth-order valence-corrected chi connectivity index (χ4v) is 10.2. The second kappa shape index (κ2) is 19.1. The lowest BCUT2D eigenvalue weighted by molar-refractivity contribution is 0.590. The highest BCUT2D eigenvalue weighted by Crippen LogP contribution is 2.53. The fourth-order valence-electron chi connectivity index (χ4n) is 9.13. The van der Waals surface area contributed by atoms with Gasteiger partial charge in [0.1, 0.15) is 0 Å².